The molecule has 1 heterocycles. The second-order valence-electron chi connectivity index (χ2n) is 3.89. The summed E-state index contributed by atoms with van der Waals surface area (Å²) in [6.45, 7) is -0.790. The molecular weight excluding hydrogens is 249 g/mol. The molecule has 7 heteroatoms. The van der Waals surface area contributed by atoms with E-state index in [0.29, 0.717) is 6.07 Å². The van der Waals surface area contributed by atoms with Crippen molar-refractivity contribution >= 4 is 11.8 Å². The van der Waals surface area contributed by atoms with Gasteiger partial charge in [0.2, 0.25) is 11.8 Å². The third kappa shape index (κ3) is 2.44. The molecule has 1 aliphatic rings. The first-order valence-electron chi connectivity index (χ1n) is 5.15. The SMILES string of the molecule is O=C1CN(Cc2cc(F)cc(F)c2F)C(=O)CN1. The van der Waals surface area contributed by atoms with Crippen LogP contribution in [-0.4, -0.2) is 29.8 Å². The Labute approximate surface area is 100 Å². The number of nitrogens with zero attached hydrogens (tertiary/aromatic N) is 1. The van der Waals surface area contributed by atoms with E-state index in [9.17, 15) is 22.8 Å². The van der Waals surface area contributed by atoms with Crippen LogP contribution in [0.2, 0.25) is 0 Å². The fraction of sp³-hybridized carbons (Fsp3) is 0.273. The molecule has 0 spiro atoms. The highest BCUT2D eigenvalue weighted by molar-refractivity contribution is 5.92. The summed E-state index contributed by atoms with van der Waals surface area (Å²) < 4.78 is 39.3. The second-order valence-corrected chi connectivity index (χ2v) is 3.89. The van der Waals surface area contributed by atoms with E-state index in [0.717, 1.165) is 11.0 Å². The quantitative estimate of drug-likeness (QED) is 0.788. The number of hydrogen-bond acceptors (Lipinski definition) is 2. The summed E-state index contributed by atoms with van der Waals surface area (Å²) in [4.78, 5) is 23.5. The van der Waals surface area contributed by atoms with Crippen molar-refractivity contribution in [2.24, 2.45) is 0 Å². The zero-order chi connectivity index (χ0) is 13.3. The van der Waals surface area contributed by atoms with Gasteiger partial charge in [0.05, 0.1) is 13.1 Å². The summed E-state index contributed by atoms with van der Waals surface area (Å²) in [5, 5.41) is 2.31. The van der Waals surface area contributed by atoms with Gasteiger partial charge < -0.3 is 10.2 Å². The Morgan fingerprint density at radius 3 is 2.67 bits per heavy atom. The van der Waals surface area contributed by atoms with Gasteiger partial charge in [-0.15, -0.1) is 0 Å². The lowest BCUT2D eigenvalue weighted by Gasteiger charge is -2.26. The van der Waals surface area contributed by atoms with Crippen molar-refractivity contribution < 1.29 is 22.8 Å². The number of carbonyl (C=O) groups is 2. The normalized spacial score (nSPS) is 15.8. The smallest absolute Gasteiger partial charge is 0.242 e. The van der Waals surface area contributed by atoms with Gasteiger partial charge in [-0.1, -0.05) is 0 Å². The molecule has 18 heavy (non-hydrogen) atoms. The minimum absolute atomic E-state index is 0.196. The lowest BCUT2D eigenvalue weighted by molar-refractivity contribution is -0.141. The first kappa shape index (κ1) is 12.4. The second kappa shape index (κ2) is 4.67. The van der Waals surface area contributed by atoms with Gasteiger partial charge in [-0.2, -0.15) is 0 Å². The molecule has 0 aromatic heterocycles. The molecule has 2 rings (SSSR count). The van der Waals surface area contributed by atoms with Crippen molar-refractivity contribution in [1.29, 1.82) is 0 Å². The molecule has 0 atom stereocenters. The average Bonchev–Trinajstić information content (AvgIpc) is 2.30. The molecule has 4 nitrogen and oxygen atoms in total. The summed E-state index contributed by atoms with van der Waals surface area (Å²) in [5.41, 5.74) is -0.296. The van der Waals surface area contributed by atoms with Crippen molar-refractivity contribution in [2.75, 3.05) is 13.1 Å². The molecule has 1 aromatic rings. The molecule has 1 N–H and O–H groups in total. The van der Waals surface area contributed by atoms with Crippen LogP contribution in [0.25, 0.3) is 0 Å². The molecule has 1 aliphatic heterocycles. The van der Waals surface area contributed by atoms with Gasteiger partial charge in [0.25, 0.3) is 0 Å². The van der Waals surface area contributed by atoms with Crippen molar-refractivity contribution in [1.82, 2.24) is 10.2 Å². The van der Waals surface area contributed by atoms with E-state index in [-0.39, 0.29) is 25.2 Å². The van der Waals surface area contributed by atoms with Gasteiger partial charge in [-0.3, -0.25) is 9.59 Å². The molecule has 1 saturated heterocycles. The molecule has 0 unspecified atom stereocenters. The highest BCUT2D eigenvalue weighted by Gasteiger charge is 2.24. The van der Waals surface area contributed by atoms with Crippen LogP contribution in [0.15, 0.2) is 12.1 Å². The molecule has 1 fully saturated rings. The fourth-order valence-corrected chi connectivity index (χ4v) is 1.68. The zero-order valence-corrected chi connectivity index (χ0v) is 9.17. The largest absolute Gasteiger partial charge is 0.345 e. The maximum absolute atomic E-state index is 13.4. The van der Waals surface area contributed by atoms with Crippen molar-refractivity contribution in [2.45, 2.75) is 6.54 Å². The van der Waals surface area contributed by atoms with E-state index < -0.39 is 29.3 Å². The van der Waals surface area contributed by atoms with Crippen LogP contribution < -0.4 is 5.32 Å². The molecule has 2 amide bonds. The van der Waals surface area contributed by atoms with Crippen LogP contribution >= 0.6 is 0 Å². The average molecular weight is 258 g/mol. The first-order valence-corrected chi connectivity index (χ1v) is 5.15. The maximum atomic E-state index is 13.4. The Bertz CT molecular complexity index is 519. The van der Waals surface area contributed by atoms with Gasteiger partial charge in [-0.25, -0.2) is 13.2 Å². The molecule has 0 aliphatic carbocycles. The minimum atomic E-state index is -1.32. The first-order chi connectivity index (χ1) is 8.47. The number of halogens is 3. The number of rotatable bonds is 2. The summed E-state index contributed by atoms with van der Waals surface area (Å²) >= 11 is 0. The van der Waals surface area contributed by atoms with Crippen LogP contribution in [0.1, 0.15) is 5.56 Å². The highest BCUT2D eigenvalue weighted by atomic mass is 19.2. The number of benzene rings is 1. The molecule has 0 bridgehead atoms. The number of amides is 2. The van der Waals surface area contributed by atoms with E-state index in [1.807, 2.05) is 0 Å². The third-order valence-electron chi connectivity index (χ3n) is 2.55. The lowest BCUT2D eigenvalue weighted by atomic mass is 10.1. The Kier molecular flexibility index (Phi) is 3.22. The van der Waals surface area contributed by atoms with Crippen molar-refractivity contribution in [3.8, 4) is 0 Å². The van der Waals surface area contributed by atoms with E-state index in [2.05, 4.69) is 5.32 Å². The Hall–Kier alpha value is -2.05. The lowest BCUT2D eigenvalue weighted by Crippen LogP contribution is -2.51. The van der Waals surface area contributed by atoms with Crippen molar-refractivity contribution in [3.05, 3.63) is 35.1 Å². The fourth-order valence-electron chi connectivity index (χ4n) is 1.68. The Balaban J connectivity index is 2.23. The summed E-state index contributed by atoms with van der Waals surface area (Å²) in [6.07, 6.45) is 0. The van der Waals surface area contributed by atoms with Crippen LogP contribution in [0.4, 0.5) is 13.2 Å². The monoisotopic (exact) mass is 258 g/mol. The van der Waals surface area contributed by atoms with Crippen LogP contribution in [0, 0.1) is 17.5 Å². The Morgan fingerprint density at radius 2 is 1.94 bits per heavy atom. The van der Waals surface area contributed by atoms with Gasteiger partial charge >= 0.3 is 0 Å². The number of piperazine rings is 1. The number of carbonyl (C=O) groups excluding carboxylic acids is 2. The molecule has 96 valence electrons. The van der Waals surface area contributed by atoms with Crippen molar-refractivity contribution in [3.63, 3.8) is 0 Å². The van der Waals surface area contributed by atoms with Gasteiger partial charge in [0.1, 0.15) is 5.82 Å². The highest BCUT2D eigenvalue weighted by Crippen LogP contribution is 2.16. The van der Waals surface area contributed by atoms with Crippen LogP contribution in [-0.2, 0) is 16.1 Å². The molecule has 0 radical (unpaired) electrons. The van der Waals surface area contributed by atoms with E-state index in [1.165, 1.54) is 0 Å². The van der Waals surface area contributed by atoms with Gasteiger partial charge in [-0.05, 0) is 6.07 Å². The molecule has 0 saturated carbocycles. The minimum Gasteiger partial charge on any atom is -0.345 e. The van der Waals surface area contributed by atoms with Crippen LogP contribution in [0.5, 0.6) is 0 Å². The standard InChI is InChI=1S/C11H9F3N2O2/c12-7-1-6(11(14)8(13)2-7)4-16-5-9(17)15-3-10(16)18/h1-2H,3-5H2,(H,15,17). The summed E-state index contributed by atoms with van der Waals surface area (Å²) in [5.74, 6) is -4.29. The maximum Gasteiger partial charge on any atom is 0.242 e. The molecular formula is C11H9F3N2O2. The van der Waals surface area contributed by atoms with Gasteiger partial charge in [0, 0.05) is 18.2 Å². The van der Waals surface area contributed by atoms with E-state index >= 15 is 0 Å². The zero-order valence-electron chi connectivity index (χ0n) is 9.17. The predicted molar refractivity (Wildman–Crippen MR) is 54.7 cm³/mol. The topological polar surface area (TPSA) is 49.4 Å². The van der Waals surface area contributed by atoms with Crippen LogP contribution in [0.3, 0.4) is 0 Å². The van der Waals surface area contributed by atoms with E-state index in [1.54, 1.807) is 0 Å². The Morgan fingerprint density at radius 1 is 1.22 bits per heavy atom. The number of nitrogens with one attached hydrogen (secondary N) is 1. The third-order valence-corrected chi connectivity index (χ3v) is 2.55. The van der Waals surface area contributed by atoms with Gasteiger partial charge in [0.15, 0.2) is 11.6 Å². The summed E-state index contributed by atoms with van der Waals surface area (Å²) in [7, 11) is 0. The predicted octanol–water partition coefficient (Wildman–Crippen LogP) is 0.562. The number of hydrogen-bond donors (Lipinski definition) is 1. The summed E-state index contributed by atoms with van der Waals surface area (Å²) in [6, 6.07) is 1.22. The molecule has 1 aromatic carbocycles. The van der Waals surface area contributed by atoms with E-state index in [4.69, 9.17) is 0 Å².